The Kier molecular flexibility index (Phi) is 3.17. The number of rotatable bonds is 3. The van der Waals surface area contributed by atoms with Gasteiger partial charge in [0.15, 0.2) is 6.61 Å². The van der Waals surface area contributed by atoms with Gasteiger partial charge in [0.05, 0.1) is 6.10 Å². The van der Waals surface area contributed by atoms with Gasteiger partial charge in [0.25, 0.3) is 5.91 Å². The molecule has 1 unspecified atom stereocenters. The number of carbonyl (C=O) groups is 1. The minimum Gasteiger partial charge on any atom is -0.487 e. The highest BCUT2D eigenvalue weighted by atomic mass is 16.5. The van der Waals surface area contributed by atoms with E-state index in [0.717, 1.165) is 5.56 Å². The molecule has 0 fully saturated rings. The van der Waals surface area contributed by atoms with Crippen molar-refractivity contribution in [3.63, 3.8) is 0 Å². The number of hydrogen-bond donors (Lipinski definition) is 2. The molecule has 5 heteroatoms. The van der Waals surface area contributed by atoms with Crippen molar-refractivity contribution in [2.45, 2.75) is 32.0 Å². The molecule has 0 bridgehead atoms. The van der Waals surface area contributed by atoms with Gasteiger partial charge in [-0.05, 0) is 26.0 Å². The van der Waals surface area contributed by atoms with Gasteiger partial charge in [0, 0.05) is 18.1 Å². The molecule has 98 valence electrons. The molecule has 1 aliphatic rings. The Morgan fingerprint density at radius 2 is 2.33 bits per heavy atom. The van der Waals surface area contributed by atoms with E-state index in [1.165, 1.54) is 0 Å². The molecule has 0 aliphatic carbocycles. The van der Waals surface area contributed by atoms with Crippen molar-refractivity contribution in [3.05, 3.63) is 23.8 Å². The van der Waals surface area contributed by atoms with E-state index in [2.05, 4.69) is 0 Å². The normalized spacial score (nSPS) is 20.7. The van der Waals surface area contributed by atoms with Crippen LogP contribution in [0.25, 0.3) is 0 Å². The fourth-order valence-corrected chi connectivity index (χ4v) is 2.04. The maximum Gasteiger partial charge on any atom is 0.255 e. The lowest BCUT2D eigenvalue weighted by molar-refractivity contribution is -0.119. The molecule has 1 aliphatic heterocycles. The van der Waals surface area contributed by atoms with Crippen molar-refractivity contribution in [1.82, 2.24) is 0 Å². The number of amides is 1. The summed E-state index contributed by atoms with van der Waals surface area (Å²) < 4.78 is 11.0. The van der Waals surface area contributed by atoms with E-state index in [1.54, 1.807) is 18.2 Å². The first-order chi connectivity index (χ1) is 8.37. The molecule has 2 rings (SSSR count). The highest BCUT2D eigenvalue weighted by Gasteiger charge is 2.32. The van der Waals surface area contributed by atoms with E-state index in [1.807, 2.05) is 13.8 Å². The molecule has 5 nitrogen and oxygen atoms in total. The fourth-order valence-electron chi connectivity index (χ4n) is 2.04. The number of fused-ring (bicyclic) bond motifs is 1. The number of ether oxygens (including phenoxy) is 2. The summed E-state index contributed by atoms with van der Waals surface area (Å²) in [5.74, 6) is 0.548. The van der Waals surface area contributed by atoms with Gasteiger partial charge in [-0.2, -0.15) is 0 Å². The summed E-state index contributed by atoms with van der Waals surface area (Å²) in [4.78, 5) is 10.6. The first-order valence-corrected chi connectivity index (χ1v) is 5.79. The number of benzene rings is 1. The van der Waals surface area contributed by atoms with Gasteiger partial charge < -0.3 is 20.3 Å². The van der Waals surface area contributed by atoms with Gasteiger partial charge in [-0.15, -0.1) is 0 Å². The molecule has 3 N–H and O–H groups in total. The predicted molar refractivity (Wildman–Crippen MR) is 65.4 cm³/mol. The zero-order valence-electron chi connectivity index (χ0n) is 10.5. The van der Waals surface area contributed by atoms with E-state index in [0.29, 0.717) is 17.9 Å². The van der Waals surface area contributed by atoms with Gasteiger partial charge in [-0.3, -0.25) is 4.79 Å². The van der Waals surface area contributed by atoms with Crippen LogP contribution in [0.4, 0.5) is 0 Å². The Labute approximate surface area is 106 Å². The highest BCUT2D eigenvalue weighted by Crippen LogP contribution is 2.40. The van der Waals surface area contributed by atoms with Gasteiger partial charge in [0.2, 0.25) is 0 Å². The minimum atomic E-state index is -0.547. The van der Waals surface area contributed by atoms with Crippen LogP contribution in [0.15, 0.2) is 18.2 Å². The predicted octanol–water partition coefficient (Wildman–Crippen LogP) is 1.15. The first kappa shape index (κ1) is 12.7. The molecular formula is C13H17NO4. The summed E-state index contributed by atoms with van der Waals surface area (Å²) in [5, 5.41) is 10.0. The van der Waals surface area contributed by atoms with E-state index >= 15 is 0 Å². The molecule has 0 saturated heterocycles. The Morgan fingerprint density at radius 1 is 1.61 bits per heavy atom. The summed E-state index contributed by atoms with van der Waals surface area (Å²) in [7, 11) is 0. The fraction of sp³-hybridized carbons (Fsp3) is 0.462. The van der Waals surface area contributed by atoms with E-state index < -0.39 is 17.6 Å². The first-order valence-electron chi connectivity index (χ1n) is 5.79. The average Bonchev–Trinajstić information content (AvgIpc) is 2.24. The van der Waals surface area contributed by atoms with Gasteiger partial charge in [-0.25, -0.2) is 0 Å². The van der Waals surface area contributed by atoms with Crippen LogP contribution in [-0.2, 0) is 4.79 Å². The number of primary amides is 1. The lowest BCUT2D eigenvalue weighted by Gasteiger charge is -2.35. The van der Waals surface area contributed by atoms with Crippen molar-refractivity contribution in [2.75, 3.05) is 6.61 Å². The zero-order valence-corrected chi connectivity index (χ0v) is 10.5. The molecule has 0 spiro atoms. The topological polar surface area (TPSA) is 81.8 Å². The highest BCUT2D eigenvalue weighted by molar-refractivity contribution is 5.75. The van der Waals surface area contributed by atoms with E-state index in [4.69, 9.17) is 15.2 Å². The molecule has 1 heterocycles. The molecule has 0 radical (unpaired) electrons. The van der Waals surface area contributed by atoms with Crippen molar-refractivity contribution in [3.8, 4) is 11.5 Å². The quantitative estimate of drug-likeness (QED) is 0.844. The molecular weight excluding hydrogens is 234 g/mol. The average molecular weight is 251 g/mol. The third-order valence-electron chi connectivity index (χ3n) is 2.80. The van der Waals surface area contributed by atoms with Crippen LogP contribution in [0, 0.1) is 0 Å². The maximum atomic E-state index is 10.6. The smallest absolute Gasteiger partial charge is 0.255 e. The lowest BCUT2D eigenvalue weighted by atomic mass is 9.92. The number of carbonyl (C=O) groups excluding carboxylic acids is 1. The van der Waals surface area contributed by atoms with Crippen LogP contribution in [0.5, 0.6) is 11.5 Å². The van der Waals surface area contributed by atoms with Gasteiger partial charge in [0.1, 0.15) is 17.1 Å². The van der Waals surface area contributed by atoms with Gasteiger partial charge >= 0.3 is 0 Å². The molecule has 1 atom stereocenters. The third-order valence-corrected chi connectivity index (χ3v) is 2.80. The minimum absolute atomic E-state index is 0.176. The molecule has 18 heavy (non-hydrogen) atoms. The molecule has 0 aromatic heterocycles. The number of aliphatic hydroxyl groups excluding tert-OH is 1. The molecule has 1 amide bonds. The molecule has 0 saturated carbocycles. The van der Waals surface area contributed by atoms with E-state index in [-0.39, 0.29) is 6.61 Å². The second-order valence-corrected chi connectivity index (χ2v) is 5.04. The van der Waals surface area contributed by atoms with Crippen LogP contribution >= 0.6 is 0 Å². The van der Waals surface area contributed by atoms with Crippen LogP contribution in [0.3, 0.4) is 0 Å². The number of hydrogen-bond acceptors (Lipinski definition) is 4. The van der Waals surface area contributed by atoms with Crippen LogP contribution in [0.1, 0.15) is 31.9 Å². The summed E-state index contributed by atoms with van der Waals surface area (Å²) in [6, 6.07) is 5.10. The second-order valence-electron chi connectivity index (χ2n) is 5.04. The van der Waals surface area contributed by atoms with E-state index in [9.17, 15) is 9.90 Å². The largest absolute Gasteiger partial charge is 0.487 e. The summed E-state index contributed by atoms with van der Waals surface area (Å²) >= 11 is 0. The van der Waals surface area contributed by atoms with Crippen molar-refractivity contribution >= 4 is 5.91 Å². The summed E-state index contributed by atoms with van der Waals surface area (Å²) in [6.07, 6.45) is -0.00413. The second kappa shape index (κ2) is 4.49. The lowest BCUT2D eigenvalue weighted by Crippen LogP contribution is -2.34. The van der Waals surface area contributed by atoms with Crippen LogP contribution in [0.2, 0.25) is 0 Å². The SMILES string of the molecule is CC1(C)CC(O)c2ccc(OCC(N)=O)cc2O1. The summed E-state index contributed by atoms with van der Waals surface area (Å²) in [5.41, 5.74) is 5.32. The number of aliphatic hydroxyl groups is 1. The Bertz CT molecular complexity index is 470. The zero-order chi connectivity index (χ0) is 13.3. The maximum absolute atomic E-state index is 10.6. The van der Waals surface area contributed by atoms with Crippen LogP contribution in [-0.4, -0.2) is 23.2 Å². The standard InChI is InChI=1S/C13H17NO4/c1-13(2)6-10(15)9-4-3-8(5-11(9)18-13)17-7-12(14)16/h3-5,10,15H,6-7H2,1-2H3,(H2,14,16). The Morgan fingerprint density at radius 3 is 3.00 bits per heavy atom. The third kappa shape index (κ3) is 2.73. The summed E-state index contributed by atoms with van der Waals surface area (Å²) in [6.45, 7) is 3.65. The van der Waals surface area contributed by atoms with Gasteiger partial charge in [-0.1, -0.05) is 0 Å². The monoisotopic (exact) mass is 251 g/mol. The van der Waals surface area contributed by atoms with Crippen molar-refractivity contribution in [2.24, 2.45) is 5.73 Å². The Hall–Kier alpha value is -1.75. The van der Waals surface area contributed by atoms with Crippen LogP contribution < -0.4 is 15.2 Å². The molecule has 1 aromatic rings. The number of nitrogens with two attached hydrogens (primary N) is 1. The Balaban J connectivity index is 2.23. The van der Waals surface area contributed by atoms with Crippen molar-refractivity contribution in [1.29, 1.82) is 0 Å². The van der Waals surface area contributed by atoms with Crippen molar-refractivity contribution < 1.29 is 19.4 Å². The molecule has 1 aromatic carbocycles.